The van der Waals surface area contributed by atoms with Crippen LogP contribution in [0.3, 0.4) is 0 Å². The van der Waals surface area contributed by atoms with Crippen molar-refractivity contribution >= 4 is 17.7 Å². The van der Waals surface area contributed by atoms with Gasteiger partial charge in [-0.2, -0.15) is 0 Å². The summed E-state index contributed by atoms with van der Waals surface area (Å²) in [5, 5.41) is 14.3. The minimum Gasteiger partial charge on any atom is -0.482 e. The van der Waals surface area contributed by atoms with Gasteiger partial charge in [0.05, 0.1) is 0 Å². The van der Waals surface area contributed by atoms with E-state index in [-0.39, 0.29) is 18.2 Å². The van der Waals surface area contributed by atoms with E-state index in [0.29, 0.717) is 11.4 Å². The molecular weight excluding hydrogens is 272 g/mol. The molecule has 6 heteroatoms. The van der Waals surface area contributed by atoms with E-state index < -0.39 is 5.97 Å². The molecule has 2 amide bonds. The van der Waals surface area contributed by atoms with Crippen LogP contribution in [-0.2, 0) is 4.79 Å². The molecule has 0 bridgehead atoms. The molecule has 21 heavy (non-hydrogen) atoms. The number of amides is 2. The van der Waals surface area contributed by atoms with E-state index in [1.54, 1.807) is 24.3 Å². The van der Waals surface area contributed by atoms with E-state index in [0.717, 1.165) is 25.7 Å². The molecule has 1 aromatic rings. The van der Waals surface area contributed by atoms with Gasteiger partial charge in [0.2, 0.25) is 0 Å². The molecule has 1 aliphatic carbocycles. The summed E-state index contributed by atoms with van der Waals surface area (Å²) in [6.45, 7) is 1.67. The van der Waals surface area contributed by atoms with Gasteiger partial charge in [-0.05, 0) is 44.0 Å². The molecule has 0 heterocycles. The number of carbonyl (C=O) groups excluding carboxylic acids is 1. The number of ether oxygens (including phenoxy) is 1. The van der Waals surface area contributed by atoms with Crippen LogP contribution in [0, 0.1) is 0 Å². The number of rotatable bonds is 5. The highest BCUT2D eigenvalue weighted by atomic mass is 16.5. The molecular formula is C15H20N2O4. The number of carbonyl (C=O) groups is 2. The fraction of sp³-hybridized carbons (Fsp3) is 0.467. The fourth-order valence-corrected chi connectivity index (χ4v) is 2.50. The average molecular weight is 292 g/mol. The van der Waals surface area contributed by atoms with Crippen molar-refractivity contribution in [3.05, 3.63) is 24.3 Å². The fourth-order valence-electron chi connectivity index (χ4n) is 2.50. The van der Waals surface area contributed by atoms with Crippen LogP contribution in [0.4, 0.5) is 10.5 Å². The van der Waals surface area contributed by atoms with Crippen LogP contribution in [0.15, 0.2) is 24.3 Å². The maximum Gasteiger partial charge on any atom is 0.341 e. The Morgan fingerprint density at radius 3 is 2.43 bits per heavy atom. The minimum absolute atomic E-state index is 0.116. The number of anilines is 1. The number of benzene rings is 1. The number of urea groups is 1. The summed E-state index contributed by atoms with van der Waals surface area (Å²) in [6.07, 6.45) is 4.30. The van der Waals surface area contributed by atoms with Gasteiger partial charge in [0.15, 0.2) is 6.61 Å². The van der Waals surface area contributed by atoms with Gasteiger partial charge in [-0.15, -0.1) is 0 Å². The summed E-state index contributed by atoms with van der Waals surface area (Å²) < 4.78 is 5.02. The van der Waals surface area contributed by atoms with Crippen molar-refractivity contribution in [1.29, 1.82) is 0 Å². The van der Waals surface area contributed by atoms with E-state index in [1.807, 2.05) is 0 Å². The Hall–Kier alpha value is -2.24. The Morgan fingerprint density at radius 2 is 1.86 bits per heavy atom. The van der Waals surface area contributed by atoms with Crippen molar-refractivity contribution in [1.82, 2.24) is 5.32 Å². The van der Waals surface area contributed by atoms with E-state index in [2.05, 4.69) is 17.6 Å². The second kappa shape index (κ2) is 6.47. The molecule has 1 fully saturated rings. The topological polar surface area (TPSA) is 87.7 Å². The third-order valence-corrected chi connectivity index (χ3v) is 3.60. The highest BCUT2D eigenvalue weighted by Crippen LogP contribution is 2.28. The largest absolute Gasteiger partial charge is 0.482 e. The van der Waals surface area contributed by atoms with Crippen LogP contribution < -0.4 is 15.4 Å². The average Bonchev–Trinajstić information content (AvgIpc) is 2.84. The van der Waals surface area contributed by atoms with Crippen LogP contribution >= 0.6 is 0 Å². The molecule has 0 atom stereocenters. The van der Waals surface area contributed by atoms with Gasteiger partial charge in [0.25, 0.3) is 0 Å². The maximum atomic E-state index is 11.9. The van der Waals surface area contributed by atoms with Gasteiger partial charge in [0.1, 0.15) is 5.75 Å². The van der Waals surface area contributed by atoms with Gasteiger partial charge in [-0.3, -0.25) is 0 Å². The quantitative estimate of drug-likeness (QED) is 0.778. The van der Waals surface area contributed by atoms with Crippen molar-refractivity contribution in [2.75, 3.05) is 11.9 Å². The van der Waals surface area contributed by atoms with Gasteiger partial charge in [-0.25, -0.2) is 9.59 Å². The first-order valence-electron chi connectivity index (χ1n) is 7.01. The van der Waals surface area contributed by atoms with Crippen molar-refractivity contribution < 1.29 is 19.4 Å². The first kappa shape index (κ1) is 15.2. The molecule has 1 saturated carbocycles. The summed E-state index contributed by atoms with van der Waals surface area (Å²) >= 11 is 0. The Bertz CT molecular complexity index is 507. The van der Waals surface area contributed by atoms with Crippen molar-refractivity contribution in [2.24, 2.45) is 0 Å². The van der Waals surface area contributed by atoms with Crippen molar-refractivity contribution in [3.63, 3.8) is 0 Å². The first-order valence-corrected chi connectivity index (χ1v) is 7.01. The Labute approximate surface area is 123 Å². The number of carboxylic acid groups (broad SMARTS) is 1. The summed E-state index contributed by atoms with van der Waals surface area (Å²) in [6, 6.07) is 6.37. The van der Waals surface area contributed by atoms with Crippen LogP contribution in [0.2, 0.25) is 0 Å². The lowest BCUT2D eigenvalue weighted by molar-refractivity contribution is -0.139. The number of aliphatic carboxylic acids is 1. The van der Waals surface area contributed by atoms with E-state index in [4.69, 9.17) is 9.84 Å². The summed E-state index contributed by atoms with van der Waals surface area (Å²) in [5.41, 5.74) is 0.519. The third kappa shape index (κ3) is 4.66. The zero-order chi connectivity index (χ0) is 15.3. The molecule has 6 nitrogen and oxygen atoms in total. The molecule has 2 rings (SSSR count). The van der Waals surface area contributed by atoms with Crippen molar-refractivity contribution in [2.45, 2.75) is 38.1 Å². The van der Waals surface area contributed by atoms with Gasteiger partial charge in [0, 0.05) is 11.2 Å². The Balaban J connectivity index is 1.85. The van der Waals surface area contributed by atoms with E-state index in [1.165, 1.54) is 0 Å². The first-order chi connectivity index (χ1) is 9.97. The highest BCUT2D eigenvalue weighted by molar-refractivity contribution is 5.89. The molecule has 114 valence electrons. The third-order valence-electron chi connectivity index (χ3n) is 3.60. The highest BCUT2D eigenvalue weighted by Gasteiger charge is 2.29. The van der Waals surface area contributed by atoms with E-state index >= 15 is 0 Å². The van der Waals surface area contributed by atoms with Crippen LogP contribution in [0.5, 0.6) is 5.75 Å². The standard InChI is InChI=1S/C15H20N2O4/c1-15(8-2-3-9-15)17-14(20)16-11-4-6-12(7-5-11)21-10-13(18)19/h4-7H,2-3,8-10H2,1H3,(H,18,19)(H2,16,17,20). The summed E-state index contributed by atoms with van der Waals surface area (Å²) in [5.74, 6) is -0.576. The lowest BCUT2D eigenvalue weighted by Gasteiger charge is -2.25. The second-order valence-corrected chi connectivity index (χ2v) is 5.55. The lowest BCUT2D eigenvalue weighted by atomic mass is 10.0. The normalized spacial score (nSPS) is 16.2. The molecule has 0 spiro atoms. The molecule has 1 aliphatic rings. The second-order valence-electron chi connectivity index (χ2n) is 5.55. The summed E-state index contributed by atoms with van der Waals surface area (Å²) in [4.78, 5) is 22.3. The van der Waals surface area contributed by atoms with Crippen LogP contribution in [-0.4, -0.2) is 29.3 Å². The SMILES string of the molecule is CC1(NC(=O)Nc2ccc(OCC(=O)O)cc2)CCCC1. The van der Waals surface area contributed by atoms with Gasteiger partial charge >= 0.3 is 12.0 Å². The van der Waals surface area contributed by atoms with Gasteiger partial charge < -0.3 is 20.5 Å². The number of hydrogen-bond donors (Lipinski definition) is 3. The van der Waals surface area contributed by atoms with E-state index in [9.17, 15) is 9.59 Å². The zero-order valence-corrected chi connectivity index (χ0v) is 12.0. The monoisotopic (exact) mass is 292 g/mol. The lowest BCUT2D eigenvalue weighted by Crippen LogP contribution is -2.45. The smallest absolute Gasteiger partial charge is 0.341 e. The number of carboxylic acids is 1. The molecule has 0 aliphatic heterocycles. The molecule has 0 saturated heterocycles. The molecule has 3 N–H and O–H groups in total. The Morgan fingerprint density at radius 1 is 1.24 bits per heavy atom. The molecule has 1 aromatic carbocycles. The predicted octanol–water partition coefficient (Wildman–Crippen LogP) is 2.60. The minimum atomic E-state index is -1.03. The number of hydrogen-bond acceptors (Lipinski definition) is 3. The molecule has 0 radical (unpaired) electrons. The van der Waals surface area contributed by atoms with Crippen LogP contribution in [0.25, 0.3) is 0 Å². The number of nitrogens with one attached hydrogen (secondary N) is 2. The maximum absolute atomic E-state index is 11.9. The van der Waals surface area contributed by atoms with Crippen molar-refractivity contribution in [3.8, 4) is 5.75 Å². The predicted molar refractivity (Wildman–Crippen MR) is 78.6 cm³/mol. The van der Waals surface area contributed by atoms with Gasteiger partial charge in [-0.1, -0.05) is 12.8 Å². The molecule has 0 unspecified atom stereocenters. The zero-order valence-electron chi connectivity index (χ0n) is 12.0. The molecule has 0 aromatic heterocycles. The van der Waals surface area contributed by atoms with Crippen LogP contribution in [0.1, 0.15) is 32.6 Å². The Kier molecular flexibility index (Phi) is 4.67. The summed E-state index contributed by atoms with van der Waals surface area (Å²) in [7, 11) is 0.